The molecule has 4 heterocycles. The molecule has 11 heteroatoms. The third kappa shape index (κ3) is 1.43. The van der Waals surface area contributed by atoms with Crippen LogP contribution in [0.2, 0.25) is 0 Å². The molecular weight excluding hydrogens is 419 g/mol. The van der Waals surface area contributed by atoms with Crippen LogP contribution < -0.4 is 0 Å². The minimum Gasteiger partial charge on any atom is -0.456 e. The summed E-state index contributed by atoms with van der Waals surface area (Å²) in [7, 11) is 0. The predicted octanol–water partition coefficient (Wildman–Crippen LogP) is -1.42. The topological polar surface area (TPSA) is 149 Å². The van der Waals surface area contributed by atoms with Gasteiger partial charge in [-0.25, -0.2) is 14.0 Å². The van der Waals surface area contributed by atoms with E-state index >= 15 is 4.39 Å². The van der Waals surface area contributed by atoms with Gasteiger partial charge in [-0.1, -0.05) is 20.8 Å². The van der Waals surface area contributed by atoms with Gasteiger partial charge in [0.25, 0.3) is 0 Å². The number of esters is 3. The van der Waals surface area contributed by atoms with Gasteiger partial charge in [0.15, 0.2) is 17.8 Å². The molecule has 2 saturated carbocycles. The van der Waals surface area contributed by atoms with Crippen molar-refractivity contribution in [1.82, 2.24) is 0 Å². The lowest BCUT2D eigenvalue weighted by Crippen LogP contribution is -2.67. The average Bonchev–Trinajstić information content (AvgIpc) is 3.35. The van der Waals surface area contributed by atoms with Crippen molar-refractivity contribution < 1.29 is 53.0 Å². The first-order chi connectivity index (χ1) is 14.3. The van der Waals surface area contributed by atoms with E-state index in [-0.39, 0.29) is 0 Å². The zero-order valence-electron chi connectivity index (χ0n) is 17.2. The van der Waals surface area contributed by atoms with Gasteiger partial charge in [0.05, 0.1) is 16.7 Å². The quantitative estimate of drug-likeness (QED) is 0.301. The molecule has 2 spiro atoms. The molecule has 0 aromatic heterocycles. The Hall–Kier alpha value is -1.82. The van der Waals surface area contributed by atoms with E-state index in [0.717, 1.165) is 0 Å². The number of alkyl halides is 1. The smallest absolute Gasteiger partial charge is 0.343 e. The second-order valence-corrected chi connectivity index (χ2v) is 10.7. The molecule has 3 N–H and O–H groups in total. The molecule has 31 heavy (non-hydrogen) atoms. The molecular formula is C20H23FO10. The van der Waals surface area contributed by atoms with Gasteiger partial charge in [-0.05, 0) is 12.3 Å². The first-order valence-electron chi connectivity index (χ1n) is 10.3. The van der Waals surface area contributed by atoms with Crippen molar-refractivity contribution >= 4 is 17.9 Å². The zero-order chi connectivity index (χ0) is 22.7. The van der Waals surface area contributed by atoms with Gasteiger partial charge in [-0.2, -0.15) is 0 Å². The summed E-state index contributed by atoms with van der Waals surface area (Å²) in [6, 6.07) is 0. The van der Waals surface area contributed by atoms with Crippen LogP contribution in [0.25, 0.3) is 0 Å². The lowest BCUT2D eigenvalue weighted by molar-refractivity contribution is -0.240. The lowest BCUT2D eigenvalue weighted by atomic mass is 9.51. The van der Waals surface area contributed by atoms with Crippen LogP contribution in [0.15, 0.2) is 0 Å². The fourth-order valence-electron chi connectivity index (χ4n) is 8.19. The third-order valence-corrected chi connectivity index (χ3v) is 8.91. The fraction of sp³-hybridized carbons (Fsp3) is 0.850. The Labute approximate surface area is 175 Å². The fourth-order valence-corrected chi connectivity index (χ4v) is 8.19. The highest BCUT2D eigenvalue weighted by molar-refractivity contribution is 5.94. The minimum absolute atomic E-state index is 0.874. The van der Waals surface area contributed by atoms with E-state index in [1.807, 2.05) is 0 Å². The summed E-state index contributed by atoms with van der Waals surface area (Å²) in [5.41, 5.74) is -9.91. The first kappa shape index (κ1) is 19.8. The summed E-state index contributed by atoms with van der Waals surface area (Å²) in [6.07, 6.45) is -10.7. The number of ether oxygens (including phenoxy) is 4. The molecule has 4 aliphatic heterocycles. The Balaban J connectivity index is 1.75. The van der Waals surface area contributed by atoms with E-state index < -0.39 is 94.1 Å². The Morgan fingerprint density at radius 2 is 1.65 bits per heavy atom. The maximum Gasteiger partial charge on any atom is 0.343 e. The summed E-state index contributed by atoms with van der Waals surface area (Å²) < 4.78 is 38.1. The molecule has 6 rings (SSSR count). The summed E-state index contributed by atoms with van der Waals surface area (Å²) in [5.74, 6) is -5.65. The molecule has 4 saturated heterocycles. The minimum atomic E-state index is -2.48. The van der Waals surface area contributed by atoms with Crippen LogP contribution in [0, 0.1) is 28.1 Å². The number of hydrogen-bond acceptors (Lipinski definition) is 10. The molecule has 0 aromatic carbocycles. The number of fused-ring (bicyclic) bond motifs is 1. The van der Waals surface area contributed by atoms with Crippen LogP contribution in [0.4, 0.5) is 4.39 Å². The highest BCUT2D eigenvalue weighted by Gasteiger charge is 3.05. The van der Waals surface area contributed by atoms with E-state index in [4.69, 9.17) is 18.9 Å². The highest BCUT2D eigenvalue weighted by Crippen LogP contribution is 2.84. The number of halogens is 1. The third-order valence-electron chi connectivity index (χ3n) is 8.91. The van der Waals surface area contributed by atoms with Gasteiger partial charge < -0.3 is 34.3 Å². The number of carbonyl (C=O) groups excluding carboxylic acids is 3. The van der Waals surface area contributed by atoms with Crippen molar-refractivity contribution in [3.63, 3.8) is 0 Å². The van der Waals surface area contributed by atoms with Crippen molar-refractivity contribution in [2.24, 2.45) is 28.1 Å². The van der Waals surface area contributed by atoms with E-state index in [9.17, 15) is 29.7 Å². The first-order valence-corrected chi connectivity index (χ1v) is 10.3. The van der Waals surface area contributed by atoms with Crippen molar-refractivity contribution in [3.05, 3.63) is 0 Å². The van der Waals surface area contributed by atoms with E-state index in [1.165, 1.54) is 6.92 Å². The van der Waals surface area contributed by atoms with Crippen molar-refractivity contribution in [2.45, 2.75) is 75.8 Å². The van der Waals surface area contributed by atoms with Gasteiger partial charge in [0.2, 0.25) is 11.9 Å². The maximum atomic E-state index is 16.2. The molecule has 0 amide bonds. The number of hydrogen-bond donors (Lipinski definition) is 3. The van der Waals surface area contributed by atoms with Crippen LogP contribution in [0.5, 0.6) is 0 Å². The second-order valence-electron chi connectivity index (χ2n) is 10.7. The summed E-state index contributed by atoms with van der Waals surface area (Å²) in [5, 5.41) is 34.5. The molecule has 0 radical (unpaired) electrons. The SMILES string of the molecule is C[C@@H]1C(=O)O[C@H]2[C@H](O)[C@@]34[C@@H]5OC(=O)[C@@]3(O[C@@H]3OC(=O)[C@H](O)[C@]34[C@H](C(C)(C)C)[C@@H]5F)[C@@]12O. The van der Waals surface area contributed by atoms with E-state index in [0.29, 0.717) is 0 Å². The van der Waals surface area contributed by atoms with Crippen LogP contribution in [0.1, 0.15) is 27.7 Å². The summed E-state index contributed by atoms with van der Waals surface area (Å²) in [6.45, 7) is 6.36. The number of carbonyl (C=O) groups is 3. The predicted molar refractivity (Wildman–Crippen MR) is 92.3 cm³/mol. The average molecular weight is 442 g/mol. The molecule has 12 atom stereocenters. The monoisotopic (exact) mass is 442 g/mol. The second kappa shape index (κ2) is 4.90. The lowest BCUT2D eigenvalue weighted by Gasteiger charge is -2.47. The van der Waals surface area contributed by atoms with Crippen molar-refractivity contribution in [2.75, 3.05) is 0 Å². The number of rotatable bonds is 0. The molecule has 0 unspecified atom stereocenters. The number of aliphatic hydroxyl groups is 3. The molecule has 10 nitrogen and oxygen atoms in total. The Bertz CT molecular complexity index is 962. The molecule has 6 fully saturated rings. The van der Waals surface area contributed by atoms with Gasteiger partial charge in [-0.15, -0.1) is 0 Å². The zero-order valence-corrected chi connectivity index (χ0v) is 17.2. The van der Waals surface area contributed by atoms with E-state index in [1.54, 1.807) is 20.8 Å². The van der Waals surface area contributed by atoms with E-state index in [2.05, 4.69) is 0 Å². The summed E-state index contributed by atoms with van der Waals surface area (Å²) in [4.78, 5) is 38.2. The van der Waals surface area contributed by atoms with Gasteiger partial charge in [0.1, 0.15) is 18.4 Å². The van der Waals surface area contributed by atoms with Crippen molar-refractivity contribution in [1.29, 1.82) is 0 Å². The van der Waals surface area contributed by atoms with Gasteiger partial charge >= 0.3 is 17.9 Å². The molecule has 0 aromatic rings. The van der Waals surface area contributed by atoms with Crippen LogP contribution >= 0.6 is 0 Å². The highest BCUT2D eigenvalue weighted by atomic mass is 19.1. The van der Waals surface area contributed by atoms with Crippen LogP contribution in [-0.2, 0) is 33.3 Å². The largest absolute Gasteiger partial charge is 0.456 e. The van der Waals surface area contributed by atoms with Gasteiger partial charge in [-0.3, -0.25) is 4.79 Å². The Kier molecular flexibility index (Phi) is 3.14. The molecule has 170 valence electrons. The van der Waals surface area contributed by atoms with Crippen LogP contribution in [0.3, 0.4) is 0 Å². The maximum absolute atomic E-state index is 16.2. The van der Waals surface area contributed by atoms with Crippen LogP contribution in [-0.4, -0.2) is 81.3 Å². The number of aliphatic hydroxyl groups excluding tert-OH is 2. The van der Waals surface area contributed by atoms with Gasteiger partial charge in [0, 0.05) is 5.92 Å². The van der Waals surface area contributed by atoms with Crippen molar-refractivity contribution in [3.8, 4) is 0 Å². The molecule has 0 bridgehead atoms. The standard InChI is InChI=1S/C20H23FO10/c1-5-12(24)28-11-8(22)18-10-6(21)7(16(2,3)4)17(18)9(23)13(25)30-15(17)31-20(18,14(26)29-10)19(5,11)27/h5-11,15,22-23,27H,1-4H3/t5-,6+,7+,8+,9+,10-,11+,15+,17-,18+,19-,20+/m1/s1. The summed E-state index contributed by atoms with van der Waals surface area (Å²) >= 11 is 0. The Morgan fingerprint density at radius 1 is 1.00 bits per heavy atom. The molecule has 2 aliphatic carbocycles. The molecule has 6 aliphatic rings. The Morgan fingerprint density at radius 3 is 2.26 bits per heavy atom. The normalized spacial score (nSPS) is 61.0.